The van der Waals surface area contributed by atoms with E-state index in [2.05, 4.69) is 33.0 Å². The van der Waals surface area contributed by atoms with Crippen molar-refractivity contribution < 1.29 is 14.3 Å². The van der Waals surface area contributed by atoms with Gasteiger partial charge in [-0.25, -0.2) is 4.79 Å². The van der Waals surface area contributed by atoms with Gasteiger partial charge in [0, 0.05) is 0 Å². The molecule has 0 aliphatic rings. The Labute approximate surface area is 108 Å². The van der Waals surface area contributed by atoms with Crippen molar-refractivity contribution in [2.24, 2.45) is 11.3 Å². The molecule has 0 radical (unpaired) electrons. The van der Waals surface area contributed by atoms with Crippen molar-refractivity contribution in [3.63, 3.8) is 0 Å². The number of nitrogens with one attached hydrogen (secondary N) is 1. The summed E-state index contributed by atoms with van der Waals surface area (Å²) in [7, 11) is 0. The molecule has 0 saturated carbocycles. The van der Waals surface area contributed by atoms with E-state index < -0.39 is 5.97 Å². The lowest BCUT2D eigenvalue weighted by molar-refractivity contribution is 0.0659. The SMILES string of the molecule is CC(NCC(C)C(C)(C)C)c1ccc(C(=O)O)o1. The summed E-state index contributed by atoms with van der Waals surface area (Å²) in [5.74, 6) is 0.140. The van der Waals surface area contributed by atoms with Crippen molar-refractivity contribution in [2.75, 3.05) is 6.54 Å². The van der Waals surface area contributed by atoms with Crippen LogP contribution < -0.4 is 5.32 Å². The van der Waals surface area contributed by atoms with Gasteiger partial charge in [-0.3, -0.25) is 0 Å². The second-order valence-electron chi connectivity index (χ2n) is 5.90. The molecule has 0 aliphatic carbocycles. The van der Waals surface area contributed by atoms with Crippen molar-refractivity contribution in [1.82, 2.24) is 5.32 Å². The summed E-state index contributed by atoms with van der Waals surface area (Å²) < 4.78 is 5.26. The normalized spacial score (nSPS) is 15.4. The smallest absolute Gasteiger partial charge is 0.371 e. The van der Waals surface area contributed by atoms with E-state index >= 15 is 0 Å². The van der Waals surface area contributed by atoms with Crippen molar-refractivity contribution in [1.29, 1.82) is 0 Å². The molecule has 0 amide bonds. The van der Waals surface area contributed by atoms with Crippen LogP contribution in [0.1, 0.15) is 57.0 Å². The third kappa shape index (κ3) is 3.88. The molecule has 0 fully saturated rings. The first kappa shape index (κ1) is 14.8. The minimum absolute atomic E-state index is 0.0116. The van der Waals surface area contributed by atoms with Gasteiger partial charge in [0.2, 0.25) is 5.76 Å². The van der Waals surface area contributed by atoms with Gasteiger partial charge in [-0.1, -0.05) is 27.7 Å². The second kappa shape index (κ2) is 5.57. The van der Waals surface area contributed by atoms with Crippen LogP contribution in [0.15, 0.2) is 16.5 Å². The first-order valence-electron chi connectivity index (χ1n) is 6.28. The third-order valence-electron chi connectivity index (χ3n) is 3.47. The fraction of sp³-hybridized carbons (Fsp3) is 0.643. The zero-order chi connectivity index (χ0) is 13.9. The lowest BCUT2D eigenvalue weighted by atomic mass is 9.82. The molecule has 2 N–H and O–H groups in total. The number of carboxylic acid groups (broad SMARTS) is 1. The highest BCUT2D eigenvalue weighted by Gasteiger charge is 2.21. The maximum atomic E-state index is 10.7. The van der Waals surface area contributed by atoms with Crippen LogP contribution in [0.2, 0.25) is 0 Å². The predicted molar refractivity (Wildman–Crippen MR) is 70.7 cm³/mol. The minimum Gasteiger partial charge on any atom is -0.475 e. The van der Waals surface area contributed by atoms with Gasteiger partial charge in [0.25, 0.3) is 0 Å². The Morgan fingerprint density at radius 3 is 2.44 bits per heavy atom. The molecule has 18 heavy (non-hydrogen) atoms. The van der Waals surface area contributed by atoms with Gasteiger partial charge in [0.1, 0.15) is 5.76 Å². The Morgan fingerprint density at radius 2 is 2.00 bits per heavy atom. The zero-order valence-corrected chi connectivity index (χ0v) is 11.8. The molecule has 4 nitrogen and oxygen atoms in total. The molecule has 102 valence electrons. The van der Waals surface area contributed by atoms with E-state index in [0.29, 0.717) is 11.7 Å². The molecule has 0 spiro atoms. The molecule has 1 aromatic rings. The molecular weight excluding hydrogens is 230 g/mol. The molecule has 1 heterocycles. The highest BCUT2D eigenvalue weighted by molar-refractivity contribution is 5.84. The van der Waals surface area contributed by atoms with Crippen LogP contribution in [0, 0.1) is 11.3 Å². The van der Waals surface area contributed by atoms with Gasteiger partial charge < -0.3 is 14.8 Å². The Hall–Kier alpha value is -1.29. The summed E-state index contributed by atoms with van der Waals surface area (Å²) in [5, 5.41) is 12.2. The Bertz CT molecular complexity index is 403. The van der Waals surface area contributed by atoms with Crippen LogP contribution in [0.4, 0.5) is 0 Å². The van der Waals surface area contributed by atoms with Gasteiger partial charge in [-0.05, 0) is 36.9 Å². The minimum atomic E-state index is -1.03. The van der Waals surface area contributed by atoms with Crippen LogP contribution in [-0.2, 0) is 0 Å². The molecular formula is C14H23NO3. The standard InChI is InChI=1S/C14H23NO3/c1-9(14(3,4)5)8-15-10(2)11-6-7-12(18-11)13(16)17/h6-7,9-10,15H,8H2,1-5H3,(H,16,17). The highest BCUT2D eigenvalue weighted by atomic mass is 16.4. The fourth-order valence-corrected chi connectivity index (χ4v) is 1.46. The van der Waals surface area contributed by atoms with Crippen molar-refractivity contribution in [3.05, 3.63) is 23.7 Å². The summed E-state index contributed by atoms with van der Waals surface area (Å²) >= 11 is 0. The van der Waals surface area contributed by atoms with E-state index in [1.807, 2.05) is 6.92 Å². The van der Waals surface area contributed by atoms with E-state index in [1.54, 1.807) is 6.07 Å². The maximum absolute atomic E-state index is 10.7. The largest absolute Gasteiger partial charge is 0.475 e. The molecule has 2 unspecified atom stereocenters. The van der Waals surface area contributed by atoms with Crippen LogP contribution in [0.5, 0.6) is 0 Å². The Kier molecular flexibility index (Phi) is 4.57. The van der Waals surface area contributed by atoms with Crippen molar-refractivity contribution in [3.8, 4) is 0 Å². The van der Waals surface area contributed by atoms with Crippen molar-refractivity contribution in [2.45, 2.75) is 40.7 Å². The first-order valence-corrected chi connectivity index (χ1v) is 6.28. The van der Waals surface area contributed by atoms with E-state index in [0.717, 1.165) is 6.54 Å². The Balaban J connectivity index is 2.55. The van der Waals surface area contributed by atoms with Gasteiger partial charge in [-0.15, -0.1) is 0 Å². The van der Waals surface area contributed by atoms with E-state index in [1.165, 1.54) is 6.07 Å². The molecule has 1 rings (SSSR count). The summed E-state index contributed by atoms with van der Waals surface area (Å²) in [6.07, 6.45) is 0. The third-order valence-corrected chi connectivity index (χ3v) is 3.47. The Morgan fingerprint density at radius 1 is 1.39 bits per heavy atom. The van der Waals surface area contributed by atoms with Crippen LogP contribution >= 0.6 is 0 Å². The van der Waals surface area contributed by atoms with E-state index in [9.17, 15) is 4.79 Å². The average molecular weight is 253 g/mol. The lowest BCUT2D eigenvalue weighted by Gasteiger charge is -2.28. The van der Waals surface area contributed by atoms with Crippen molar-refractivity contribution >= 4 is 5.97 Å². The van der Waals surface area contributed by atoms with Crippen LogP contribution in [0.3, 0.4) is 0 Å². The summed E-state index contributed by atoms with van der Waals surface area (Å²) in [6, 6.07) is 3.22. The number of rotatable bonds is 5. The lowest BCUT2D eigenvalue weighted by Crippen LogP contribution is -2.31. The number of carboxylic acids is 1. The zero-order valence-electron chi connectivity index (χ0n) is 11.8. The molecule has 1 aromatic heterocycles. The summed E-state index contributed by atoms with van der Waals surface area (Å²) in [6.45, 7) is 11.7. The van der Waals surface area contributed by atoms with Gasteiger partial charge >= 0.3 is 5.97 Å². The van der Waals surface area contributed by atoms with E-state index in [-0.39, 0.29) is 17.2 Å². The molecule has 0 aliphatic heterocycles. The number of hydrogen-bond acceptors (Lipinski definition) is 3. The number of furan rings is 1. The maximum Gasteiger partial charge on any atom is 0.371 e. The van der Waals surface area contributed by atoms with E-state index in [4.69, 9.17) is 9.52 Å². The molecule has 0 saturated heterocycles. The van der Waals surface area contributed by atoms with Crippen LogP contribution in [0.25, 0.3) is 0 Å². The quantitative estimate of drug-likeness (QED) is 0.845. The molecule has 0 bridgehead atoms. The summed E-state index contributed by atoms with van der Waals surface area (Å²) in [4.78, 5) is 10.7. The number of aromatic carboxylic acids is 1. The first-order chi connectivity index (χ1) is 8.21. The summed E-state index contributed by atoms with van der Waals surface area (Å²) in [5.41, 5.74) is 0.252. The monoisotopic (exact) mass is 253 g/mol. The topological polar surface area (TPSA) is 62.5 Å². The fourth-order valence-electron chi connectivity index (χ4n) is 1.46. The van der Waals surface area contributed by atoms with Gasteiger partial charge in [-0.2, -0.15) is 0 Å². The van der Waals surface area contributed by atoms with Gasteiger partial charge in [0.05, 0.1) is 6.04 Å². The molecule has 0 aromatic carbocycles. The highest BCUT2D eigenvalue weighted by Crippen LogP contribution is 2.25. The van der Waals surface area contributed by atoms with Crippen LogP contribution in [-0.4, -0.2) is 17.6 Å². The molecule has 2 atom stereocenters. The number of carbonyl (C=O) groups is 1. The average Bonchev–Trinajstić information content (AvgIpc) is 2.73. The van der Waals surface area contributed by atoms with Gasteiger partial charge in [0.15, 0.2) is 0 Å². The molecule has 4 heteroatoms. The number of hydrogen-bond donors (Lipinski definition) is 2. The predicted octanol–water partition coefficient (Wildman–Crippen LogP) is 3.31. The second-order valence-corrected chi connectivity index (χ2v) is 5.90.